The number of nitrogens with zero attached hydrogens (tertiary/aromatic N) is 2. The first-order valence-corrected chi connectivity index (χ1v) is 14.4. The molecule has 0 unspecified atom stereocenters. The Morgan fingerprint density at radius 1 is 1.10 bits per heavy atom. The number of allylic oxidation sites excluding steroid dienone is 1. The Bertz CT molecular complexity index is 1730. The minimum atomic E-state index is -0.921. The van der Waals surface area contributed by atoms with E-state index in [4.69, 9.17) is 14.2 Å². The predicted octanol–water partition coefficient (Wildman–Crippen LogP) is 2.76. The van der Waals surface area contributed by atoms with Crippen molar-refractivity contribution in [1.29, 1.82) is 0 Å². The SMILES string of the molecule is CCOC(=O)C1=C(C)N=c2s/c(=C\c3cc(I)c(O)cc3O)c(=O)n2[C@H]1c1ccc(OCC(=O)OC)c(OCC)c1. The lowest BCUT2D eigenvalue weighted by Crippen LogP contribution is -2.40. The van der Waals surface area contributed by atoms with Gasteiger partial charge in [0.2, 0.25) is 0 Å². The van der Waals surface area contributed by atoms with E-state index in [0.717, 1.165) is 11.3 Å². The van der Waals surface area contributed by atoms with Crippen LogP contribution in [0.25, 0.3) is 6.08 Å². The summed E-state index contributed by atoms with van der Waals surface area (Å²) in [6, 6.07) is 6.74. The summed E-state index contributed by atoms with van der Waals surface area (Å²) in [5.74, 6) is -0.885. The summed E-state index contributed by atoms with van der Waals surface area (Å²) >= 11 is 3.02. The molecule has 216 valence electrons. The van der Waals surface area contributed by atoms with Gasteiger partial charge in [-0.1, -0.05) is 17.4 Å². The first-order valence-electron chi connectivity index (χ1n) is 12.5. The number of hydrogen-bond acceptors (Lipinski definition) is 11. The zero-order valence-corrected chi connectivity index (χ0v) is 25.6. The van der Waals surface area contributed by atoms with Gasteiger partial charge in [0.05, 0.1) is 45.7 Å². The van der Waals surface area contributed by atoms with E-state index in [-0.39, 0.29) is 47.2 Å². The summed E-state index contributed by atoms with van der Waals surface area (Å²) in [4.78, 5) is 43.6. The number of benzene rings is 2. The van der Waals surface area contributed by atoms with Crippen LogP contribution in [0.3, 0.4) is 0 Å². The van der Waals surface area contributed by atoms with E-state index in [2.05, 4.69) is 9.73 Å². The molecule has 0 radical (unpaired) electrons. The molecule has 0 bridgehead atoms. The van der Waals surface area contributed by atoms with Crippen LogP contribution in [0, 0.1) is 3.57 Å². The van der Waals surface area contributed by atoms with Gasteiger partial charge in [-0.2, -0.15) is 0 Å². The van der Waals surface area contributed by atoms with E-state index >= 15 is 0 Å². The second-order valence-corrected chi connectivity index (χ2v) is 10.8. The minimum Gasteiger partial charge on any atom is -0.507 e. The van der Waals surface area contributed by atoms with Crippen LogP contribution < -0.4 is 24.4 Å². The molecule has 0 spiro atoms. The molecule has 4 rings (SSSR count). The Morgan fingerprint density at radius 2 is 1.85 bits per heavy atom. The van der Waals surface area contributed by atoms with Crippen LogP contribution in [0.4, 0.5) is 0 Å². The van der Waals surface area contributed by atoms with Gasteiger partial charge in [0.25, 0.3) is 5.56 Å². The molecule has 1 aromatic heterocycles. The molecular formula is C28H27IN2O9S. The number of methoxy groups -OCH3 is 1. The highest BCUT2D eigenvalue weighted by molar-refractivity contribution is 14.1. The van der Waals surface area contributed by atoms with Gasteiger partial charge in [0.1, 0.15) is 11.5 Å². The molecule has 1 aliphatic rings. The van der Waals surface area contributed by atoms with Crippen LogP contribution in [-0.4, -0.2) is 53.6 Å². The predicted molar refractivity (Wildman–Crippen MR) is 158 cm³/mol. The second kappa shape index (κ2) is 12.8. The third-order valence-electron chi connectivity index (χ3n) is 6.06. The zero-order chi connectivity index (χ0) is 29.8. The summed E-state index contributed by atoms with van der Waals surface area (Å²) in [6.07, 6.45) is 1.51. The first kappa shape index (κ1) is 30.1. The van der Waals surface area contributed by atoms with Crippen LogP contribution >= 0.6 is 33.9 Å². The summed E-state index contributed by atoms with van der Waals surface area (Å²) < 4.78 is 23.5. The topological polar surface area (TPSA) is 146 Å². The molecule has 11 nitrogen and oxygen atoms in total. The number of thiazole rings is 1. The quantitative estimate of drug-likeness (QED) is 0.255. The van der Waals surface area contributed by atoms with Gasteiger partial charge < -0.3 is 29.2 Å². The summed E-state index contributed by atoms with van der Waals surface area (Å²) in [7, 11) is 1.25. The van der Waals surface area contributed by atoms with E-state index < -0.39 is 23.5 Å². The highest BCUT2D eigenvalue weighted by Gasteiger charge is 2.34. The maximum atomic E-state index is 13.9. The molecule has 0 fully saturated rings. The summed E-state index contributed by atoms with van der Waals surface area (Å²) in [5, 5.41) is 20.3. The molecule has 2 N–H and O–H groups in total. The van der Waals surface area contributed by atoms with E-state index in [9.17, 15) is 24.6 Å². The highest BCUT2D eigenvalue weighted by atomic mass is 127. The molecule has 2 heterocycles. The van der Waals surface area contributed by atoms with Crippen molar-refractivity contribution in [1.82, 2.24) is 4.57 Å². The highest BCUT2D eigenvalue weighted by Crippen LogP contribution is 2.36. The van der Waals surface area contributed by atoms with Crippen LogP contribution in [-0.2, 0) is 19.1 Å². The van der Waals surface area contributed by atoms with Crippen molar-refractivity contribution < 1.29 is 38.7 Å². The average Bonchev–Trinajstić information content (AvgIpc) is 3.24. The first-order chi connectivity index (χ1) is 19.6. The number of fused-ring (bicyclic) bond motifs is 1. The van der Waals surface area contributed by atoms with Gasteiger partial charge in [0.15, 0.2) is 22.9 Å². The van der Waals surface area contributed by atoms with E-state index in [1.54, 1.807) is 45.0 Å². The van der Waals surface area contributed by atoms with Crippen LogP contribution in [0.15, 0.2) is 51.4 Å². The second-order valence-electron chi connectivity index (χ2n) is 8.67. The number of phenols is 2. The average molecular weight is 694 g/mol. The number of carbonyl (C=O) groups is 2. The molecule has 1 atom stereocenters. The monoisotopic (exact) mass is 694 g/mol. The van der Waals surface area contributed by atoms with Gasteiger partial charge in [-0.25, -0.2) is 14.6 Å². The van der Waals surface area contributed by atoms with Gasteiger partial charge in [-0.05, 0) is 73.2 Å². The number of aromatic hydroxyl groups is 2. The fourth-order valence-electron chi connectivity index (χ4n) is 4.21. The number of esters is 2. The molecule has 1 aliphatic heterocycles. The van der Waals surface area contributed by atoms with Crippen molar-refractivity contribution in [3.8, 4) is 23.0 Å². The number of hydrogen-bond donors (Lipinski definition) is 2. The number of phenolic OH excluding ortho intramolecular Hbond substituents is 2. The smallest absolute Gasteiger partial charge is 0.343 e. The van der Waals surface area contributed by atoms with Crippen LogP contribution in [0.5, 0.6) is 23.0 Å². The van der Waals surface area contributed by atoms with Crippen molar-refractivity contribution in [3.63, 3.8) is 0 Å². The minimum absolute atomic E-state index is 0.0828. The van der Waals surface area contributed by atoms with E-state index in [1.165, 1.54) is 23.8 Å². The lowest BCUT2D eigenvalue weighted by molar-refractivity contribution is -0.143. The maximum Gasteiger partial charge on any atom is 0.343 e. The third kappa shape index (κ3) is 6.25. The lowest BCUT2D eigenvalue weighted by atomic mass is 9.95. The fraction of sp³-hybridized carbons (Fsp3) is 0.286. The molecule has 13 heteroatoms. The van der Waals surface area contributed by atoms with Crippen molar-refractivity contribution in [2.75, 3.05) is 26.9 Å². The van der Waals surface area contributed by atoms with Crippen molar-refractivity contribution >= 4 is 51.9 Å². The number of halogens is 1. The van der Waals surface area contributed by atoms with E-state index in [0.29, 0.717) is 30.9 Å². The van der Waals surface area contributed by atoms with Gasteiger partial charge in [-0.3, -0.25) is 9.36 Å². The molecule has 2 aromatic carbocycles. The summed E-state index contributed by atoms with van der Waals surface area (Å²) in [6.45, 7) is 5.22. The van der Waals surface area contributed by atoms with Gasteiger partial charge in [0, 0.05) is 11.6 Å². The molecule has 0 saturated heterocycles. The molecular weight excluding hydrogens is 667 g/mol. The summed E-state index contributed by atoms with van der Waals surface area (Å²) in [5.41, 5.74) is 0.970. The maximum absolute atomic E-state index is 13.9. The molecule has 3 aromatic rings. The molecule has 41 heavy (non-hydrogen) atoms. The largest absolute Gasteiger partial charge is 0.507 e. The Kier molecular flexibility index (Phi) is 9.38. The van der Waals surface area contributed by atoms with Crippen molar-refractivity contribution in [2.45, 2.75) is 26.8 Å². The van der Waals surface area contributed by atoms with Crippen molar-refractivity contribution in [2.24, 2.45) is 4.99 Å². The lowest BCUT2D eigenvalue weighted by Gasteiger charge is -2.25. The van der Waals surface area contributed by atoms with Gasteiger partial charge in [-0.15, -0.1) is 0 Å². The van der Waals surface area contributed by atoms with Crippen LogP contribution in [0.2, 0.25) is 0 Å². The standard InChI is InChI=1S/C28H27IN2O9S/c1-5-38-21-10-15(7-8-20(21)40-13-23(34)37-4)25-24(27(36)39-6-2)14(3)30-28-31(25)26(35)22(41-28)11-16-9-17(29)19(33)12-18(16)32/h7-12,25,32-33H,5-6,13H2,1-4H3/b22-11-/t25-/m0/s1. The molecule has 0 amide bonds. The normalized spacial score (nSPS) is 14.8. The number of ether oxygens (including phenoxy) is 4. The Balaban J connectivity index is 1.92. The Labute approximate surface area is 252 Å². The number of aromatic nitrogens is 1. The Morgan fingerprint density at radius 3 is 2.54 bits per heavy atom. The van der Waals surface area contributed by atoms with E-state index in [1.807, 2.05) is 22.6 Å². The Hall–Kier alpha value is -3.85. The van der Waals surface area contributed by atoms with Crippen molar-refractivity contribution in [3.05, 3.63) is 76.0 Å². The fourth-order valence-corrected chi connectivity index (χ4v) is 5.74. The third-order valence-corrected chi connectivity index (χ3v) is 7.90. The number of rotatable bonds is 9. The number of carbonyl (C=O) groups excluding carboxylic acids is 2. The van der Waals surface area contributed by atoms with Crippen LogP contribution in [0.1, 0.15) is 37.9 Å². The zero-order valence-electron chi connectivity index (χ0n) is 22.6. The van der Waals surface area contributed by atoms with Gasteiger partial charge >= 0.3 is 11.9 Å². The molecule has 0 saturated carbocycles. The molecule has 0 aliphatic carbocycles.